The third-order valence-electron chi connectivity index (χ3n) is 12.7. The number of aliphatic hydroxyl groups is 1. The van der Waals surface area contributed by atoms with E-state index in [2.05, 4.69) is 38.2 Å². The molecule has 0 heterocycles. The Morgan fingerprint density at radius 3 is 0.919 bits per heavy atom. The number of esters is 2. The molecule has 0 aliphatic heterocycles. The predicted molar refractivity (Wildman–Crippen MR) is 270 cm³/mol. The van der Waals surface area contributed by atoms with Crippen LogP contribution in [-0.4, -0.2) is 36.4 Å². The van der Waals surface area contributed by atoms with Gasteiger partial charge in [-0.3, -0.25) is 9.59 Å². The monoisotopic (exact) mass is 873 g/mol. The Hall–Kier alpha value is -1.62. The van der Waals surface area contributed by atoms with Crippen LogP contribution in [0, 0.1) is 0 Å². The SMILES string of the molecule is CCCC/C=C\CCCCCCCC(=O)OCC(CO)OC(=O)CCCCCCCCCCCCCCCCCCCCCCCCCCC/C=C\CCCCCCCCCC. The lowest BCUT2D eigenvalue weighted by Crippen LogP contribution is -2.28. The van der Waals surface area contributed by atoms with Crippen molar-refractivity contribution in [1.82, 2.24) is 0 Å². The third kappa shape index (κ3) is 51.0. The Bertz CT molecular complexity index is 943. The van der Waals surface area contributed by atoms with Crippen molar-refractivity contribution in [1.29, 1.82) is 0 Å². The first kappa shape index (κ1) is 60.4. The first-order chi connectivity index (χ1) is 30.6. The van der Waals surface area contributed by atoms with Gasteiger partial charge in [-0.2, -0.15) is 0 Å². The van der Waals surface area contributed by atoms with Gasteiger partial charge in [-0.15, -0.1) is 0 Å². The molecule has 0 spiro atoms. The standard InChI is InChI=1S/C57H108O5/c1-3-5-7-9-11-13-15-16-17-18-19-20-21-22-23-24-25-26-27-28-29-30-31-32-33-34-35-36-37-38-39-40-42-44-46-48-50-52-57(60)62-55(53-58)54-61-56(59)51-49-47-45-43-41-14-12-10-8-6-4-2/h10,12,18-19,55,58H,3-9,11,13-17,20-54H2,1-2H3/b12-10-,19-18-. The van der Waals surface area contributed by atoms with Crippen LogP contribution in [0.3, 0.4) is 0 Å². The summed E-state index contributed by atoms with van der Waals surface area (Å²) in [6.45, 7) is 4.12. The lowest BCUT2D eigenvalue weighted by Gasteiger charge is -2.15. The molecule has 1 atom stereocenters. The molecule has 5 heteroatoms. The van der Waals surface area contributed by atoms with Gasteiger partial charge in [0.15, 0.2) is 6.10 Å². The summed E-state index contributed by atoms with van der Waals surface area (Å²) in [4.78, 5) is 24.3. The fourth-order valence-electron chi connectivity index (χ4n) is 8.48. The number of carbonyl (C=O) groups excluding carboxylic acids is 2. The van der Waals surface area contributed by atoms with E-state index in [4.69, 9.17) is 9.47 Å². The summed E-state index contributed by atoms with van der Waals surface area (Å²) in [5.41, 5.74) is 0. The molecule has 1 unspecified atom stereocenters. The number of hydrogen-bond donors (Lipinski definition) is 1. The van der Waals surface area contributed by atoms with E-state index in [1.165, 1.54) is 238 Å². The number of aliphatic hydroxyl groups excluding tert-OH is 1. The highest BCUT2D eigenvalue weighted by Gasteiger charge is 2.16. The van der Waals surface area contributed by atoms with Crippen LogP contribution in [0.4, 0.5) is 0 Å². The quantitative estimate of drug-likeness (QED) is 0.0374. The van der Waals surface area contributed by atoms with Gasteiger partial charge in [0.2, 0.25) is 0 Å². The van der Waals surface area contributed by atoms with Crippen molar-refractivity contribution in [3.63, 3.8) is 0 Å². The van der Waals surface area contributed by atoms with E-state index < -0.39 is 6.10 Å². The van der Waals surface area contributed by atoms with Crippen molar-refractivity contribution in [3.8, 4) is 0 Å². The van der Waals surface area contributed by atoms with Crippen LogP contribution in [-0.2, 0) is 19.1 Å². The second-order valence-corrected chi connectivity index (χ2v) is 19.0. The summed E-state index contributed by atoms with van der Waals surface area (Å²) in [7, 11) is 0. The van der Waals surface area contributed by atoms with Gasteiger partial charge < -0.3 is 14.6 Å². The Labute approximate surface area is 387 Å². The summed E-state index contributed by atoms with van der Waals surface area (Å²) in [5, 5.41) is 9.59. The smallest absolute Gasteiger partial charge is 0.306 e. The molecule has 1 N–H and O–H groups in total. The lowest BCUT2D eigenvalue weighted by atomic mass is 10.0. The van der Waals surface area contributed by atoms with Gasteiger partial charge in [-0.25, -0.2) is 0 Å². The average molecular weight is 873 g/mol. The van der Waals surface area contributed by atoms with Crippen molar-refractivity contribution in [2.45, 2.75) is 315 Å². The zero-order valence-electron chi connectivity index (χ0n) is 41.9. The zero-order chi connectivity index (χ0) is 44.9. The molecular weight excluding hydrogens is 765 g/mol. The maximum Gasteiger partial charge on any atom is 0.306 e. The van der Waals surface area contributed by atoms with Gasteiger partial charge in [0.1, 0.15) is 6.61 Å². The van der Waals surface area contributed by atoms with Crippen LogP contribution in [0.5, 0.6) is 0 Å². The molecule has 366 valence electrons. The Morgan fingerprint density at radius 1 is 0.355 bits per heavy atom. The molecule has 62 heavy (non-hydrogen) atoms. The van der Waals surface area contributed by atoms with E-state index in [0.29, 0.717) is 12.8 Å². The van der Waals surface area contributed by atoms with E-state index >= 15 is 0 Å². The highest BCUT2D eigenvalue weighted by Crippen LogP contribution is 2.17. The molecular formula is C57H108O5. The van der Waals surface area contributed by atoms with Gasteiger partial charge in [0.25, 0.3) is 0 Å². The van der Waals surface area contributed by atoms with Crippen LogP contribution >= 0.6 is 0 Å². The molecule has 0 radical (unpaired) electrons. The van der Waals surface area contributed by atoms with Crippen LogP contribution < -0.4 is 0 Å². The lowest BCUT2D eigenvalue weighted by molar-refractivity contribution is -0.161. The highest BCUT2D eigenvalue weighted by atomic mass is 16.6. The van der Waals surface area contributed by atoms with E-state index in [0.717, 1.165) is 44.9 Å². The number of unbranched alkanes of at least 4 members (excludes halogenated alkanes) is 40. The first-order valence-electron chi connectivity index (χ1n) is 27.9. The molecule has 0 aliphatic rings. The van der Waals surface area contributed by atoms with Crippen LogP contribution in [0.15, 0.2) is 24.3 Å². The molecule has 0 rings (SSSR count). The van der Waals surface area contributed by atoms with Crippen molar-refractivity contribution >= 4 is 11.9 Å². The summed E-state index contributed by atoms with van der Waals surface area (Å²) in [6, 6.07) is 0. The largest absolute Gasteiger partial charge is 0.462 e. The predicted octanol–water partition coefficient (Wildman–Crippen LogP) is 18.5. The molecule has 0 aromatic rings. The minimum atomic E-state index is -0.770. The second-order valence-electron chi connectivity index (χ2n) is 19.0. The number of ether oxygens (including phenoxy) is 2. The van der Waals surface area contributed by atoms with Gasteiger partial charge >= 0.3 is 11.9 Å². The Kier molecular flexibility index (Phi) is 52.3. The zero-order valence-corrected chi connectivity index (χ0v) is 41.9. The molecule has 0 saturated heterocycles. The summed E-state index contributed by atoms with van der Waals surface area (Å²) in [6.07, 6.45) is 67.6. The average Bonchev–Trinajstić information content (AvgIpc) is 3.28. The highest BCUT2D eigenvalue weighted by molar-refractivity contribution is 5.70. The second kappa shape index (κ2) is 53.7. The fourth-order valence-corrected chi connectivity index (χ4v) is 8.48. The summed E-state index contributed by atoms with van der Waals surface area (Å²) >= 11 is 0. The minimum Gasteiger partial charge on any atom is -0.462 e. The maximum absolute atomic E-state index is 12.2. The molecule has 0 amide bonds. The van der Waals surface area contributed by atoms with Crippen molar-refractivity contribution in [2.24, 2.45) is 0 Å². The Morgan fingerprint density at radius 2 is 0.613 bits per heavy atom. The normalized spacial score (nSPS) is 12.2. The van der Waals surface area contributed by atoms with Crippen LogP contribution in [0.1, 0.15) is 309 Å². The molecule has 0 fully saturated rings. The third-order valence-corrected chi connectivity index (χ3v) is 12.7. The van der Waals surface area contributed by atoms with Crippen LogP contribution in [0.2, 0.25) is 0 Å². The topological polar surface area (TPSA) is 72.8 Å². The van der Waals surface area contributed by atoms with Crippen LogP contribution in [0.25, 0.3) is 0 Å². The number of carbonyl (C=O) groups is 2. The minimum absolute atomic E-state index is 0.0653. The van der Waals surface area contributed by atoms with E-state index in [9.17, 15) is 14.7 Å². The first-order valence-corrected chi connectivity index (χ1v) is 27.9. The molecule has 5 nitrogen and oxygen atoms in total. The van der Waals surface area contributed by atoms with E-state index in [1.54, 1.807) is 0 Å². The fraction of sp³-hybridized carbons (Fsp3) is 0.895. The van der Waals surface area contributed by atoms with E-state index in [-0.39, 0.29) is 25.2 Å². The van der Waals surface area contributed by atoms with Gasteiger partial charge in [0.05, 0.1) is 6.61 Å². The van der Waals surface area contributed by atoms with Crippen molar-refractivity contribution in [2.75, 3.05) is 13.2 Å². The summed E-state index contributed by atoms with van der Waals surface area (Å²) in [5.74, 6) is -0.588. The maximum atomic E-state index is 12.2. The van der Waals surface area contributed by atoms with Gasteiger partial charge in [-0.05, 0) is 57.8 Å². The number of allylic oxidation sites excluding steroid dienone is 4. The van der Waals surface area contributed by atoms with E-state index in [1.807, 2.05) is 0 Å². The number of hydrogen-bond acceptors (Lipinski definition) is 5. The molecule has 0 aromatic carbocycles. The number of rotatable bonds is 52. The Balaban J connectivity index is 3.34. The molecule has 0 bridgehead atoms. The van der Waals surface area contributed by atoms with Crippen molar-refractivity contribution < 1.29 is 24.2 Å². The van der Waals surface area contributed by atoms with Crippen molar-refractivity contribution in [3.05, 3.63) is 24.3 Å². The molecule has 0 aromatic heterocycles. The summed E-state index contributed by atoms with van der Waals surface area (Å²) < 4.78 is 10.6. The van der Waals surface area contributed by atoms with Gasteiger partial charge in [0, 0.05) is 12.8 Å². The molecule has 0 saturated carbocycles. The molecule has 0 aliphatic carbocycles. The van der Waals surface area contributed by atoms with Gasteiger partial charge in [-0.1, -0.05) is 263 Å².